The van der Waals surface area contributed by atoms with Crippen LogP contribution in [-0.4, -0.2) is 63.3 Å². The molecular formula is C14H28N6. The molecule has 0 spiro atoms. The molecule has 20 heavy (non-hydrogen) atoms. The van der Waals surface area contributed by atoms with Gasteiger partial charge in [0.15, 0.2) is 0 Å². The van der Waals surface area contributed by atoms with Gasteiger partial charge in [0.1, 0.15) is 12.2 Å². The van der Waals surface area contributed by atoms with Crippen molar-refractivity contribution in [2.75, 3.05) is 32.7 Å². The van der Waals surface area contributed by atoms with Crippen LogP contribution in [0.1, 0.15) is 32.5 Å². The largest absolute Gasteiger partial charge is 0.330 e. The van der Waals surface area contributed by atoms with E-state index >= 15 is 0 Å². The minimum absolute atomic E-state index is 0.654. The predicted molar refractivity (Wildman–Crippen MR) is 80.3 cm³/mol. The van der Waals surface area contributed by atoms with E-state index in [2.05, 4.69) is 33.7 Å². The quantitative estimate of drug-likeness (QED) is 0.790. The van der Waals surface area contributed by atoms with Gasteiger partial charge in [-0.15, -0.1) is 0 Å². The standard InChI is InChI=1S/C14H28N6/c1-3-13(5-6-15)19-9-7-18(8-10-19)11-14-16-12-17-20(14)4-2/h12-13H,3-11,15H2,1-2H3. The summed E-state index contributed by atoms with van der Waals surface area (Å²) in [5.74, 6) is 1.08. The molecule has 1 fully saturated rings. The molecule has 2 heterocycles. The average molecular weight is 280 g/mol. The van der Waals surface area contributed by atoms with Gasteiger partial charge in [-0.05, 0) is 26.3 Å². The summed E-state index contributed by atoms with van der Waals surface area (Å²) in [6.07, 6.45) is 3.96. The maximum Gasteiger partial charge on any atom is 0.140 e. The smallest absolute Gasteiger partial charge is 0.140 e. The summed E-state index contributed by atoms with van der Waals surface area (Å²) in [7, 11) is 0. The first kappa shape index (κ1) is 15.4. The topological polar surface area (TPSA) is 63.2 Å². The summed E-state index contributed by atoms with van der Waals surface area (Å²) in [6, 6.07) is 0.654. The predicted octanol–water partition coefficient (Wildman–Crippen LogP) is 0.543. The third-order valence-corrected chi connectivity index (χ3v) is 4.25. The number of nitrogens with two attached hydrogens (primary N) is 1. The van der Waals surface area contributed by atoms with Crippen LogP contribution in [0.3, 0.4) is 0 Å². The maximum atomic E-state index is 5.71. The summed E-state index contributed by atoms with van der Waals surface area (Å²) in [5.41, 5.74) is 5.71. The van der Waals surface area contributed by atoms with Gasteiger partial charge in [-0.2, -0.15) is 5.10 Å². The fourth-order valence-corrected chi connectivity index (χ4v) is 3.00. The van der Waals surface area contributed by atoms with Crippen LogP contribution in [0.25, 0.3) is 0 Å². The van der Waals surface area contributed by atoms with E-state index in [9.17, 15) is 0 Å². The highest BCUT2D eigenvalue weighted by atomic mass is 15.4. The van der Waals surface area contributed by atoms with Crippen molar-refractivity contribution in [1.29, 1.82) is 0 Å². The zero-order valence-electron chi connectivity index (χ0n) is 12.8. The Morgan fingerprint density at radius 2 is 2.00 bits per heavy atom. The molecule has 1 saturated heterocycles. The third kappa shape index (κ3) is 3.77. The van der Waals surface area contributed by atoms with Gasteiger partial charge in [0.2, 0.25) is 0 Å². The second-order valence-corrected chi connectivity index (χ2v) is 5.44. The van der Waals surface area contributed by atoms with Crippen LogP contribution < -0.4 is 5.73 Å². The Labute approximate surface area is 121 Å². The Balaban J connectivity index is 1.82. The molecule has 1 aromatic heterocycles. The lowest BCUT2D eigenvalue weighted by molar-refractivity contribution is 0.0848. The lowest BCUT2D eigenvalue weighted by atomic mass is 10.1. The van der Waals surface area contributed by atoms with Crippen LogP contribution in [0.2, 0.25) is 0 Å². The number of nitrogens with zero attached hydrogens (tertiary/aromatic N) is 5. The number of rotatable bonds is 7. The van der Waals surface area contributed by atoms with E-state index in [-0.39, 0.29) is 0 Å². The fraction of sp³-hybridized carbons (Fsp3) is 0.857. The fourth-order valence-electron chi connectivity index (χ4n) is 3.00. The highest BCUT2D eigenvalue weighted by molar-refractivity contribution is 4.87. The second kappa shape index (κ2) is 7.71. The minimum Gasteiger partial charge on any atom is -0.330 e. The molecule has 1 aromatic rings. The van der Waals surface area contributed by atoms with E-state index in [1.54, 1.807) is 6.33 Å². The number of hydrogen-bond donors (Lipinski definition) is 1. The molecule has 1 aliphatic rings. The van der Waals surface area contributed by atoms with E-state index in [1.165, 1.54) is 6.42 Å². The summed E-state index contributed by atoms with van der Waals surface area (Å²) < 4.78 is 1.98. The first-order valence-corrected chi connectivity index (χ1v) is 7.81. The molecule has 6 heteroatoms. The van der Waals surface area contributed by atoms with E-state index in [0.29, 0.717) is 6.04 Å². The number of hydrogen-bond acceptors (Lipinski definition) is 5. The van der Waals surface area contributed by atoms with Gasteiger partial charge in [0.25, 0.3) is 0 Å². The van der Waals surface area contributed by atoms with Crippen LogP contribution in [0.4, 0.5) is 0 Å². The van der Waals surface area contributed by atoms with Gasteiger partial charge >= 0.3 is 0 Å². The summed E-state index contributed by atoms with van der Waals surface area (Å²) in [6.45, 7) is 11.5. The van der Waals surface area contributed by atoms with Crippen molar-refractivity contribution < 1.29 is 0 Å². The highest BCUT2D eigenvalue weighted by Crippen LogP contribution is 2.13. The molecule has 1 atom stereocenters. The van der Waals surface area contributed by atoms with Gasteiger partial charge in [0, 0.05) is 38.8 Å². The van der Waals surface area contributed by atoms with Crippen LogP contribution >= 0.6 is 0 Å². The second-order valence-electron chi connectivity index (χ2n) is 5.44. The zero-order chi connectivity index (χ0) is 14.4. The van der Waals surface area contributed by atoms with Crippen molar-refractivity contribution in [2.24, 2.45) is 5.73 Å². The molecule has 6 nitrogen and oxygen atoms in total. The molecule has 0 radical (unpaired) electrons. The highest BCUT2D eigenvalue weighted by Gasteiger charge is 2.23. The lowest BCUT2D eigenvalue weighted by Crippen LogP contribution is -2.50. The monoisotopic (exact) mass is 280 g/mol. The Kier molecular flexibility index (Phi) is 5.94. The molecule has 0 aromatic carbocycles. The first-order chi connectivity index (χ1) is 9.78. The normalized spacial score (nSPS) is 19.4. The minimum atomic E-state index is 0.654. The van der Waals surface area contributed by atoms with Crippen LogP contribution in [0.5, 0.6) is 0 Å². The lowest BCUT2D eigenvalue weighted by Gasteiger charge is -2.38. The SMILES string of the molecule is CCC(CCN)N1CCN(Cc2ncnn2CC)CC1. The Hall–Kier alpha value is -0.980. The van der Waals surface area contributed by atoms with Crippen molar-refractivity contribution in [2.45, 2.75) is 45.8 Å². The molecule has 0 aliphatic carbocycles. The van der Waals surface area contributed by atoms with Crippen LogP contribution in [0, 0.1) is 0 Å². The van der Waals surface area contributed by atoms with Crippen molar-refractivity contribution in [3.8, 4) is 0 Å². The molecule has 1 unspecified atom stereocenters. The Morgan fingerprint density at radius 3 is 2.60 bits per heavy atom. The van der Waals surface area contributed by atoms with E-state index in [0.717, 1.165) is 58.1 Å². The summed E-state index contributed by atoms with van der Waals surface area (Å²) in [5, 5.41) is 4.24. The molecule has 2 rings (SSSR count). The summed E-state index contributed by atoms with van der Waals surface area (Å²) >= 11 is 0. The number of aryl methyl sites for hydroxylation is 1. The van der Waals surface area contributed by atoms with Gasteiger partial charge in [-0.25, -0.2) is 9.67 Å². The molecular weight excluding hydrogens is 252 g/mol. The number of aromatic nitrogens is 3. The molecule has 1 aliphatic heterocycles. The van der Waals surface area contributed by atoms with Gasteiger partial charge in [-0.1, -0.05) is 6.92 Å². The van der Waals surface area contributed by atoms with Gasteiger partial charge in [0.05, 0.1) is 6.54 Å². The summed E-state index contributed by atoms with van der Waals surface area (Å²) in [4.78, 5) is 9.43. The van der Waals surface area contributed by atoms with Crippen molar-refractivity contribution in [3.05, 3.63) is 12.2 Å². The number of piperazine rings is 1. The first-order valence-electron chi connectivity index (χ1n) is 7.81. The van der Waals surface area contributed by atoms with Crippen molar-refractivity contribution in [1.82, 2.24) is 24.6 Å². The van der Waals surface area contributed by atoms with Gasteiger partial charge < -0.3 is 5.73 Å². The van der Waals surface area contributed by atoms with Crippen LogP contribution in [-0.2, 0) is 13.1 Å². The zero-order valence-corrected chi connectivity index (χ0v) is 12.8. The molecule has 0 amide bonds. The third-order valence-electron chi connectivity index (χ3n) is 4.25. The Bertz CT molecular complexity index is 383. The average Bonchev–Trinajstić information content (AvgIpc) is 2.93. The molecule has 114 valence electrons. The van der Waals surface area contributed by atoms with Crippen molar-refractivity contribution in [3.63, 3.8) is 0 Å². The van der Waals surface area contributed by atoms with E-state index < -0.39 is 0 Å². The maximum absolute atomic E-state index is 5.71. The van der Waals surface area contributed by atoms with Gasteiger partial charge in [-0.3, -0.25) is 9.80 Å². The molecule has 0 saturated carbocycles. The van der Waals surface area contributed by atoms with E-state index in [4.69, 9.17) is 5.73 Å². The van der Waals surface area contributed by atoms with Crippen LogP contribution in [0.15, 0.2) is 6.33 Å². The molecule has 2 N–H and O–H groups in total. The van der Waals surface area contributed by atoms with E-state index in [1.807, 2.05) is 4.68 Å². The molecule has 0 bridgehead atoms. The Morgan fingerprint density at radius 1 is 1.25 bits per heavy atom. The van der Waals surface area contributed by atoms with Crippen molar-refractivity contribution >= 4 is 0 Å².